The van der Waals surface area contributed by atoms with E-state index >= 15 is 0 Å². The molecule has 3 aliphatic rings. The number of esters is 1. The lowest BCUT2D eigenvalue weighted by molar-refractivity contribution is -0.147. The number of fused-ring (bicyclic) bond motifs is 5. The SMILES string of the molecule is COC(=O)C1(CCCCl)CCC(c2ccc3c(c2)C2C=CC3O2)=N1. The van der Waals surface area contributed by atoms with Crippen LogP contribution in [0, 0.1) is 0 Å². The van der Waals surface area contributed by atoms with Gasteiger partial charge in [-0.3, -0.25) is 4.99 Å². The van der Waals surface area contributed by atoms with Crippen molar-refractivity contribution in [2.75, 3.05) is 13.0 Å². The van der Waals surface area contributed by atoms with Gasteiger partial charge in [-0.05, 0) is 48.4 Å². The zero-order valence-electron chi connectivity index (χ0n) is 13.6. The molecule has 0 aromatic heterocycles. The first-order valence-electron chi connectivity index (χ1n) is 8.38. The van der Waals surface area contributed by atoms with Crippen LogP contribution in [-0.4, -0.2) is 30.2 Å². The Morgan fingerprint density at radius 3 is 2.92 bits per heavy atom. The summed E-state index contributed by atoms with van der Waals surface area (Å²) in [5.74, 6) is 0.268. The first-order valence-corrected chi connectivity index (χ1v) is 8.91. The number of carbonyl (C=O) groups is 1. The van der Waals surface area contributed by atoms with E-state index in [1.807, 2.05) is 0 Å². The normalized spacial score (nSPS) is 29.7. The molecule has 3 atom stereocenters. The van der Waals surface area contributed by atoms with Crippen LogP contribution in [0.2, 0.25) is 0 Å². The first-order chi connectivity index (χ1) is 11.7. The third-order valence-electron chi connectivity index (χ3n) is 5.20. The Bertz CT molecular complexity index is 742. The van der Waals surface area contributed by atoms with Crippen LogP contribution in [0.25, 0.3) is 0 Å². The van der Waals surface area contributed by atoms with Crippen molar-refractivity contribution in [1.29, 1.82) is 0 Å². The molecule has 5 heteroatoms. The van der Waals surface area contributed by atoms with Gasteiger partial charge in [-0.2, -0.15) is 0 Å². The summed E-state index contributed by atoms with van der Waals surface area (Å²) >= 11 is 5.82. The molecule has 3 unspecified atom stereocenters. The molecule has 3 aliphatic heterocycles. The summed E-state index contributed by atoms with van der Waals surface area (Å²) in [4.78, 5) is 17.1. The van der Waals surface area contributed by atoms with Crippen LogP contribution in [-0.2, 0) is 14.3 Å². The van der Waals surface area contributed by atoms with E-state index in [1.165, 1.54) is 18.2 Å². The average molecular weight is 346 g/mol. The highest BCUT2D eigenvalue weighted by atomic mass is 35.5. The Hall–Kier alpha value is -1.65. The molecule has 4 nitrogen and oxygen atoms in total. The van der Waals surface area contributed by atoms with Crippen molar-refractivity contribution < 1.29 is 14.3 Å². The molecule has 0 amide bonds. The lowest BCUT2D eigenvalue weighted by atomic mass is 9.90. The van der Waals surface area contributed by atoms with Crippen LogP contribution in [0.15, 0.2) is 35.3 Å². The van der Waals surface area contributed by atoms with E-state index in [0.717, 1.165) is 24.1 Å². The Morgan fingerprint density at radius 2 is 2.17 bits per heavy atom. The van der Waals surface area contributed by atoms with Crippen molar-refractivity contribution in [3.8, 4) is 0 Å². The van der Waals surface area contributed by atoms with E-state index in [4.69, 9.17) is 26.1 Å². The molecule has 4 rings (SSSR count). The van der Waals surface area contributed by atoms with Gasteiger partial charge in [-0.25, -0.2) is 4.79 Å². The largest absolute Gasteiger partial charge is 0.467 e. The van der Waals surface area contributed by atoms with Crippen LogP contribution in [0.3, 0.4) is 0 Å². The van der Waals surface area contributed by atoms with E-state index in [0.29, 0.717) is 18.7 Å². The summed E-state index contributed by atoms with van der Waals surface area (Å²) in [7, 11) is 1.42. The second-order valence-corrected chi connectivity index (χ2v) is 6.96. The van der Waals surface area contributed by atoms with Gasteiger partial charge in [0.15, 0.2) is 5.54 Å². The van der Waals surface area contributed by atoms with Crippen molar-refractivity contribution in [2.45, 2.75) is 43.4 Å². The summed E-state index contributed by atoms with van der Waals surface area (Å²) in [5.41, 5.74) is 3.75. The minimum atomic E-state index is -0.770. The van der Waals surface area contributed by atoms with Crippen molar-refractivity contribution in [3.63, 3.8) is 0 Å². The molecule has 0 saturated heterocycles. The summed E-state index contributed by atoms with van der Waals surface area (Å²) < 4.78 is 10.9. The first kappa shape index (κ1) is 15.9. The number of ether oxygens (including phenoxy) is 2. The van der Waals surface area contributed by atoms with Crippen LogP contribution in [0.4, 0.5) is 0 Å². The van der Waals surface area contributed by atoms with E-state index in [9.17, 15) is 4.79 Å². The number of hydrogen-bond acceptors (Lipinski definition) is 4. The Morgan fingerprint density at radius 1 is 1.38 bits per heavy atom. The summed E-state index contributed by atoms with van der Waals surface area (Å²) in [6, 6.07) is 6.37. The minimum absolute atomic E-state index is 0.0635. The summed E-state index contributed by atoms with van der Waals surface area (Å²) in [5, 5.41) is 0. The topological polar surface area (TPSA) is 47.9 Å². The van der Waals surface area contributed by atoms with Crippen LogP contribution >= 0.6 is 11.6 Å². The maximum absolute atomic E-state index is 12.3. The molecule has 1 aromatic carbocycles. The van der Waals surface area contributed by atoms with Gasteiger partial charge in [0.2, 0.25) is 0 Å². The number of nitrogens with zero attached hydrogens (tertiary/aromatic N) is 1. The zero-order valence-corrected chi connectivity index (χ0v) is 14.4. The Labute approximate surface area is 146 Å². The van der Waals surface area contributed by atoms with Crippen molar-refractivity contribution in [3.05, 3.63) is 47.0 Å². The number of alkyl halides is 1. The summed E-state index contributed by atoms with van der Waals surface area (Å²) in [6.07, 6.45) is 7.22. The molecule has 0 aliphatic carbocycles. The maximum atomic E-state index is 12.3. The lowest BCUT2D eigenvalue weighted by Gasteiger charge is -2.22. The molecule has 0 fully saturated rings. The number of aliphatic imine (C=N–C) groups is 1. The fraction of sp³-hybridized carbons (Fsp3) is 0.474. The quantitative estimate of drug-likeness (QED) is 0.462. The Kier molecular flexibility index (Phi) is 3.97. The predicted molar refractivity (Wildman–Crippen MR) is 92.6 cm³/mol. The van der Waals surface area contributed by atoms with Crippen molar-refractivity contribution in [2.24, 2.45) is 4.99 Å². The van der Waals surface area contributed by atoms with Gasteiger partial charge in [0.25, 0.3) is 0 Å². The highest BCUT2D eigenvalue weighted by Gasteiger charge is 2.43. The third-order valence-corrected chi connectivity index (χ3v) is 5.47. The standard InChI is InChI=1S/C19H20ClNO3/c1-23-18(22)19(8-2-10-20)9-7-15(21-19)12-3-4-13-14(11-12)17-6-5-16(13)24-17/h3-6,11,16-17H,2,7-10H2,1H3. The van der Waals surface area contributed by atoms with Crippen molar-refractivity contribution >= 4 is 23.3 Å². The van der Waals surface area contributed by atoms with E-state index in [1.54, 1.807) is 0 Å². The predicted octanol–water partition coefficient (Wildman–Crippen LogP) is 3.88. The average Bonchev–Trinajstić information content (AvgIpc) is 3.34. The zero-order chi connectivity index (χ0) is 16.7. The highest BCUT2D eigenvalue weighted by Crippen LogP contribution is 2.46. The smallest absolute Gasteiger partial charge is 0.333 e. The maximum Gasteiger partial charge on any atom is 0.333 e. The van der Waals surface area contributed by atoms with Gasteiger partial charge in [-0.1, -0.05) is 24.3 Å². The second-order valence-electron chi connectivity index (χ2n) is 6.58. The molecule has 3 heterocycles. The van der Waals surface area contributed by atoms with E-state index < -0.39 is 5.54 Å². The number of benzene rings is 1. The number of rotatable bonds is 5. The van der Waals surface area contributed by atoms with Crippen molar-refractivity contribution in [1.82, 2.24) is 0 Å². The monoisotopic (exact) mass is 345 g/mol. The summed E-state index contributed by atoms with van der Waals surface area (Å²) in [6.45, 7) is 0. The van der Waals surface area contributed by atoms with Crippen LogP contribution < -0.4 is 0 Å². The van der Waals surface area contributed by atoms with E-state index in [2.05, 4.69) is 30.4 Å². The number of hydrogen-bond donors (Lipinski definition) is 0. The number of methoxy groups -OCH3 is 1. The lowest BCUT2D eigenvalue weighted by Crippen LogP contribution is -2.35. The molecule has 0 radical (unpaired) electrons. The van der Waals surface area contributed by atoms with Gasteiger partial charge in [0, 0.05) is 11.6 Å². The van der Waals surface area contributed by atoms with E-state index in [-0.39, 0.29) is 18.2 Å². The fourth-order valence-corrected chi connectivity index (χ4v) is 4.08. The fourth-order valence-electron chi connectivity index (χ4n) is 3.95. The second kappa shape index (κ2) is 6.01. The molecule has 1 aromatic rings. The molecule has 126 valence electrons. The molecule has 0 saturated carbocycles. The molecule has 0 spiro atoms. The van der Waals surface area contributed by atoms with Gasteiger partial charge < -0.3 is 9.47 Å². The number of carbonyl (C=O) groups excluding carboxylic acids is 1. The van der Waals surface area contributed by atoms with Gasteiger partial charge in [0.1, 0.15) is 12.2 Å². The third kappa shape index (κ3) is 2.40. The molecular weight excluding hydrogens is 326 g/mol. The highest BCUT2D eigenvalue weighted by molar-refractivity contribution is 6.17. The van der Waals surface area contributed by atoms with Gasteiger partial charge >= 0.3 is 5.97 Å². The van der Waals surface area contributed by atoms with Crippen LogP contribution in [0.5, 0.6) is 0 Å². The Balaban J connectivity index is 1.65. The molecule has 2 bridgehead atoms. The molecular formula is C19H20ClNO3. The molecule has 0 N–H and O–H groups in total. The van der Waals surface area contributed by atoms with Crippen LogP contribution in [0.1, 0.15) is 54.6 Å². The van der Waals surface area contributed by atoms with Gasteiger partial charge in [0.05, 0.1) is 7.11 Å². The molecule has 24 heavy (non-hydrogen) atoms. The van der Waals surface area contributed by atoms with Gasteiger partial charge in [-0.15, -0.1) is 11.6 Å². The number of halogens is 1. The minimum Gasteiger partial charge on any atom is -0.467 e.